The minimum absolute atomic E-state index is 0.118. The highest BCUT2D eigenvalue weighted by Gasteiger charge is 2.32. The first-order valence-electron chi connectivity index (χ1n) is 10.6. The minimum atomic E-state index is -3.53. The van der Waals surface area contributed by atoms with Crippen molar-refractivity contribution in [1.82, 2.24) is 9.21 Å². The van der Waals surface area contributed by atoms with E-state index in [-0.39, 0.29) is 5.91 Å². The molecule has 0 saturated carbocycles. The first-order valence-corrected chi connectivity index (χ1v) is 12.0. The molecule has 4 rings (SSSR count). The molecule has 7 heteroatoms. The Morgan fingerprint density at radius 3 is 2.40 bits per heavy atom. The number of fused-ring (bicyclic) bond motifs is 1. The SMILES string of the molecule is Cc1ccc(S(=O)(=O)N2CCN(C(=O)C[NH+]3CCc4ccccc4C3)CC2)c(C)c1. The molecule has 0 aliphatic carbocycles. The summed E-state index contributed by atoms with van der Waals surface area (Å²) in [6.45, 7) is 7.69. The molecule has 160 valence electrons. The molecule has 1 saturated heterocycles. The highest BCUT2D eigenvalue weighted by Crippen LogP contribution is 2.22. The Morgan fingerprint density at radius 2 is 1.70 bits per heavy atom. The van der Waals surface area contributed by atoms with E-state index in [1.54, 1.807) is 6.07 Å². The number of amides is 1. The molecule has 2 aromatic carbocycles. The molecule has 2 aromatic rings. The summed E-state index contributed by atoms with van der Waals surface area (Å²) in [4.78, 5) is 16.3. The fraction of sp³-hybridized carbons (Fsp3) is 0.435. The number of hydrogen-bond acceptors (Lipinski definition) is 3. The summed E-state index contributed by atoms with van der Waals surface area (Å²) in [7, 11) is -3.53. The number of aryl methyl sites for hydroxylation is 2. The van der Waals surface area contributed by atoms with Crippen molar-refractivity contribution in [1.29, 1.82) is 0 Å². The zero-order valence-corrected chi connectivity index (χ0v) is 18.5. The molecule has 2 heterocycles. The molecule has 1 atom stereocenters. The van der Waals surface area contributed by atoms with Gasteiger partial charge in [0.25, 0.3) is 5.91 Å². The van der Waals surface area contributed by atoms with Crippen LogP contribution >= 0.6 is 0 Å². The molecule has 1 amide bonds. The van der Waals surface area contributed by atoms with Crippen LogP contribution in [0.25, 0.3) is 0 Å². The predicted octanol–water partition coefficient (Wildman–Crippen LogP) is 0.778. The summed E-state index contributed by atoms with van der Waals surface area (Å²) < 4.78 is 27.6. The van der Waals surface area contributed by atoms with Gasteiger partial charge < -0.3 is 9.80 Å². The third kappa shape index (κ3) is 4.29. The van der Waals surface area contributed by atoms with E-state index in [2.05, 4.69) is 24.3 Å². The maximum Gasteiger partial charge on any atom is 0.277 e. The van der Waals surface area contributed by atoms with E-state index in [0.29, 0.717) is 37.6 Å². The topological polar surface area (TPSA) is 62.1 Å². The van der Waals surface area contributed by atoms with Gasteiger partial charge in [0, 0.05) is 38.2 Å². The van der Waals surface area contributed by atoms with Crippen LogP contribution in [0.5, 0.6) is 0 Å². The number of nitrogens with zero attached hydrogens (tertiary/aromatic N) is 2. The quantitative estimate of drug-likeness (QED) is 0.783. The Morgan fingerprint density at radius 1 is 1.00 bits per heavy atom. The van der Waals surface area contributed by atoms with Crippen LogP contribution in [0.15, 0.2) is 47.4 Å². The second-order valence-electron chi connectivity index (χ2n) is 8.43. The monoisotopic (exact) mass is 428 g/mol. The predicted molar refractivity (Wildman–Crippen MR) is 116 cm³/mol. The van der Waals surface area contributed by atoms with Crippen LogP contribution in [0.4, 0.5) is 0 Å². The van der Waals surface area contributed by atoms with Gasteiger partial charge in [0.05, 0.1) is 11.4 Å². The number of carbonyl (C=O) groups is 1. The second kappa shape index (κ2) is 8.49. The molecule has 30 heavy (non-hydrogen) atoms. The van der Waals surface area contributed by atoms with Crippen LogP contribution in [-0.2, 0) is 27.8 Å². The first kappa shape index (κ1) is 21.0. The highest BCUT2D eigenvalue weighted by atomic mass is 32.2. The third-order valence-corrected chi connectivity index (χ3v) is 8.31. The molecule has 2 aliphatic heterocycles. The van der Waals surface area contributed by atoms with Crippen LogP contribution < -0.4 is 4.90 Å². The molecule has 0 aromatic heterocycles. The van der Waals surface area contributed by atoms with E-state index in [1.807, 2.05) is 30.9 Å². The van der Waals surface area contributed by atoms with Crippen molar-refractivity contribution >= 4 is 15.9 Å². The highest BCUT2D eigenvalue weighted by molar-refractivity contribution is 7.89. The minimum Gasteiger partial charge on any atom is -0.335 e. The molecule has 6 nitrogen and oxygen atoms in total. The molecule has 1 N–H and O–H groups in total. The van der Waals surface area contributed by atoms with Gasteiger partial charge >= 0.3 is 0 Å². The van der Waals surface area contributed by atoms with E-state index in [9.17, 15) is 13.2 Å². The van der Waals surface area contributed by atoms with Crippen molar-refractivity contribution < 1.29 is 18.1 Å². The molecule has 1 unspecified atom stereocenters. The van der Waals surface area contributed by atoms with Crippen LogP contribution in [0.3, 0.4) is 0 Å². The van der Waals surface area contributed by atoms with Crippen molar-refractivity contribution in [2.75, 3.05) is 39.3 Å². The summed E-state index contributed by atoms with van der Waals surface area (Å²) in [5.41, 5.74) is 4.53. The van der Waals surface area contributed by atoms with E-state index in [0.717, 1.165) is 30.6 Å². The van der Waals surface area contributed by atoms with E-state index in [1.165, 1.54) is 20.3 Å². The Balaban J connectivity index is 1.35. The van der Waals surface area contributed by atoms with Gasteiger partial charge in [-0.05, 0) is 31.0 Å². The number of benzene rings is 2. The summed E-state index contributed by atoms with van der Waals surface area (Å²) in [6.07, 6.45) is 1.00. The van der Waals surface area contributed by atoms with Gasteiger partial charge in [0.2, 0.25) is 10.0 Å². The third-order valence-electron chi connectivity index (χ3n) is 6.25. The van der Waals surface area contributed by atoms with Crippen molar-refractivity contribution in [3.8, 4) is 0 Å². The number of hydrogen-bond donors (Lipinski definition) is 1. The lowest BCUT2D eigenvalue weighted by Gasteiger charge is -2.35. The molecule has 2 aliphatic rings. The lowest BCUT2D eigenvalue weighted by Crippen LogP contribution is -3.12. The largest absolute Gasteiger partial charge is 0.335 e. The van der Waals surface area contributed by atoms with Gasteiger partial charge in [-0.3, -0.25) is 4.79 Å². The standard InChI is InChI=1S/C23H29N3O3S/c1-18-7-8-22(19(2)15-18)30(28,29)26-13-11-25(12-14-26)23(27)17-24-10-9-20-5-3-4-6-21(20)16-24/h3-8,15H,9-14,16-17H2,1-2H3/p+1. The second-order valence-corrected chi connectivity index (χ2v) is 10.3. The lowest BCUT2D eigenvalue weighted by atomic mass is 10.00. The van der Waals surface area contributed by atoms with Crippen LogP contribution in [0.2, 0.25) is 0 Å². The Kier molecular flexibility index (Phi) is 5.95. The van der Waals surface area contributed by atoms with Crippen molar-refractivity contribution in [3.63, 3.8) is 0 Å². The van der Waals surface area contributed by atoms with Crippen molar-refractivity contribution in [2.24, 2.45) is 0 Å². The van der Waals surface area contributed by atoms with Crippen molar-refractivity contribution in [2.45, 2.75) is 31.7 Å². The number of rotatable bonds is 4. The fourth-order valence-corrected chi connectivity index (χ4v) is 6.15. The molecular weight excluding hydrogens is 398 g/mol. The first-order chi connectivity index (χ1) is 14.3. The summed E-state index contributed by atoms with van der Waals surface area (Å²) in [6, 6.07) is 13.9. The van der Waals surface area contributed by atoms with Crippen LogP contribution in [0, 0.1) is 13.8 Å². The fourth-order valence-electron chi connectivity index (χ4n) is 4.53. The van der Waals surface area contributed by atoms with E-state index in [4.69, 9.17) is 0 Å². The Hall–Kier alpha value is -2.22. The van der Waals surface area contributed by atoms with E-state index >= 15 is 0 Å². The summed E-state index contributed by atoms with van der Waals surface area (Å²) in [5, 5.41) is 0. The smallest absolute Gasteiger partial charge is 0.277 e. The molecule has 0 radical (unpaired) electrons. The van der Waals surface area contributed by atoms with Gasteiger partial charge in [-0.15, -0.1) is 0 Å². The van der Waals surface area contributed by atoms with Gasteiger partial charge in [0.15, 0.2) is 6.54 Å². The molecule has 0 bridgehead atoms. The lowest BCUT2D eigenvalue weighted by molar-refractivity contribution is -0.908. The van der Waals surface area contributed by atoms with Gasteiger partial charge in [-0.1, -0.05) is 42.0 Å². The van der Waals surface area contributed by atoms with Crippen LogP contribution in [0.1, 0.15) is 22.3 Å². The number of nitrogens with one attached hydrogen (secondary N) is 1. The average molecular weight is 429 g/mol. The maximum absolute atomic E-state index is 13.0. The van der Waals surface area contributed by atoms with Crippen LogP contribution in [-0.4, -0.2) is 62.8 Å². The summed E-state index contributed by atoms with van der Waals surface area (Å²) in [5.74, 6) is 0.118. The maximum atomic E-state index is 13.0. The molecule has 0 spiro atoms. The van der Waals surface area contributed by atoms with Gasteiger partial charge in [0.1, 0.15) is 6.54 Å². The molecular formula is C23H30N3O3S+. The van der Waals surface area contributed by atoms with Gasteiger partial charge in [-0.25, -0.2) is 8.42 Å². The number of piperazine rings is 1. The zero-order chi connectivity index (χ0) is 21.3. The number of sulfonamides is 1. The zero-order valence-electron chi connectivity index (χ0n) is 17.7. The normalized spacial score (nSPS) is 20.1. The average Bonchev–Trinajstić information content (AvgIpc) is 2.73. The van der Waals surface area contributed by atoms with E-state index < -0.39 is 10.0 Å². The van der Waals surface area contributed by atoms with Gasteiger partial charge in [-0.2, -0.15) is 4.31 Å². The summed E-state index contributed by atoms with van der Waals surface area (Å²) >= 11 is 0. The number of carbonyl (C=O) groups excluding carboxylic acids is 1. The Labute approximate surface area is 179 Å². The molecule has 1 fully saturated rings. The number of quaternary nitrogens is 1. The van der Waals surface area contributed by atoms with Crippen molar-refractivity contribution in [3.05, 3.63) is 64.7 Å². The Bertz CT molecular complexity index is 1040.